The first kappa shape index (κ1) is 18.2. The summed E-state index contributed by atoms with van der Waals surface area (Å²) in [6.07, 6.45) is 0. The van der Waals surface area contributed by atoms with Crippen LogP contribution in [0.15, 0.2) is 42.5 Å². The van der Waals surface area contributed by atoms with E-state index in [1.54, 1.807) is 0 Å². The van der Waals surface area contributed by atoms with Crippen LogP contribution in [-0.4, -0.2) is 35.5 Å². The van der Waals surface area contributed by atoms with E-state index in [1.807, 2.05) is 63.2 Å². The number of carbonyl (C=O) groups is 1. The summed E-state index contributed by atoms with van der Waals surface area (Å²) in [7, 11) is -0.344. The summed E-state index contributed by atoms with van der Waals surface area (Å²) in [5.74, 6) is 0.352. The molecule has 0 spiro atoms. The normalized spacial score (nSPS) is 10.2. The Hall–Kier alpha value is -0.860. The van der Waals surface area contributed by atoms with E-state index in [4.69, 9.17) is 9.05 Å². The average Bonchev–Trinajstić information content (AvgIpc) is 2.38. The van der Waals surface area contributed by atoms with E-state index in [2.05, 4.69) is 0 Å². The van der Waals surface area contributed by atoms with Crippen molar-refractivity contribution in [3.05, 3.63) is 64.7 Å². The van der Waals surface area contributed by atoms with E-state index < -0.39 is 0 Å². The number of para-hydroxylation sites is 1. The van der Waals surface area contributed by atoms with Crippen molar-refractivity contribution in [1.29, 1.82) is 0 Å². The van der Waals surface area contributed by atoms with Gasteiger partial charge in [0.05, 0.1) is 5.56 Å². The van der Waals surface area contributed by atoms with Gasteiger partial charge in [0.15, 0.2) is 0 Å². The second-order valence-electron chi connectivity index (χ2n) is 4.66. The van der Waals surface area contributed by atoms with Gasteiger partial charge in [-0.2, -0.15) is 0 Å². The molecular weight excluding hydrogens is 294 g/mol. The third-order valence-corrected chi connectivity index (χ3v) is 3.51. The Bertz CT molecular complexity index is 591. The van der Waals surface area contributed by atoms with Crippen LogP contribution in [0.1, 0.15) is 27.0 Å². The molecule has 1 atom stereocenters. The van der Waals surface area contributed by atoms with E-state index in [0.717, 1.165) is 16.7 Å². The van der Waals surface area contributed by atoms with Gasteiger partial charge in [-0.1, -0.05) is 35.9 Å². The van der Waals surface area contributed by atoms with Crippen LogP contribution in [0.5, 0.6) is 5.75 Å². The van der Waals surface area contributed by atoms with E-state index in [-0.39, 0.29) is 44.6 Å². The summed E-state index contributed by atoms with van der Waals surface area (Å²) in [5.41, 5.74) is 3.62. The van der Waals surface area contributed by atoms with Crippen LogP contribution in [0.25, 0.3) is 0 Å². The SMILES string of the molecule is Cc1cc(C)c(C(=O)OPOc2ccccc2)c(C)c1.[Na]. The molecule has 0 aliphatic carbocycles. The molecule has 0 saturated heterocycles. The standard InChI is InChI=1S/C16H17O3P.Na/c1-11-9-12(2)15(13(3)10-11)16(17)19-20-18-14-7-5-4-6-8-14;/h4-10,20H,1-3H3;. The van der Waals surface area contributed by atoms with Crippen molar-refractivity contribution < 1.29 is 13.8 Å². The molecule has 2 rings (SSSR count). The third-order valence-electron chi connectivity index (χ3n) is 2.92. The Kier molecular flexibility index (Phi) is 7.41. The Morgan fingerprint density at radius 3 is 2.14 bits per heavy atom. The van der Waals surface area contributed by atoms with Gasteiger partial charge in [-0.05, 0) is 44.0 Å². The molecule has 21 heavy (non-hydrogen) atoms. The quantitative estimate of drug-likeness (QED) is 0.633. The van der Waals surface area contributed by atoms with Gasteiger partial charge in [-0.25, -0.2) is 4.79 Å². The zero-order valence-corrected chi connectivity index (χ0v) is 15.8. The molecule has 0 fully saturated rings. The van der Waals surface area contributed by atoms with Crippen LogP contribution in [0, 0.1) is 20.8 Å². The summed E-state index contributed by atoms with van der Waals surface area (Å²) in [6.45, 7) is 5.84. The molecular formula is C16H17NaO3P. The van der Waals surface area contributed by atoms with Gasteiger partial charge in [0.2, 0.25) is 0 Å². The Morgan fingerprint density at radius 2 is 1.57 bits per heavy atom. The second-order valence-corrected chi connectivity index (χ2v) is 5.24. The van der Waals surface area contributed by atoms with Crippen molar-refractivity contribution in [3.63, 3.8) is 0 Å². The van der Waals surface area contributed by atoms with Crippen molar-refractivity contribution in [2.24, 2.45) is 0 Å². The van der Waals surface area contributed by atoms with Crippen LogP contribution < -0.4 is 4.52 Å². The molecule has 3 nitrogen and oxygen atoms in total. The van der Waals surface area contributed by atoms with Crippen LogP contribution in [-0.2, 0) is 4.52 Å². The molecule has 1 unspecified atom stereocenters. The van der Waals surface area contributed by atoms with E-state index >= 15 is 0 Å². The van der Waals surface area contributed by atoms with Crippen molar-refractivity contribution in [2.45, 2.75) is 20.8 Å². The number of hydrogen-bond acceptors (Lipinski definition) is 3. The summed E-state index contributed by atoms with van der Waals surface area (Å²) in [4.78, 5) is 12.1. The minimum atomic E-state index is -0.344. The van der Waals surface area contributed by atoms with Crippen LogP contribution in [0.3, 0.4) is 0 Å². The average molecular weight is 311 g/mol. The summed E-state index contributed by atoms with van der Waals surface area (Å²) in [6, 6.07) is 13.2. The topological polar surface area (TPSA) is 35.5 Å². The molecule has 0 bridgehead atoms. The predicted molar refractivity (Wildman–Crippen MR) is 87.2 cm³/mol. The van der Waals surface area contributed by atoms with E-state index in [0.29, 0.717) is 11.3 Å². The van der Waals surface area contributed by atoms with Crippen molar-refractivity contribution in [2.75, 3.05) is 0 Å². The maximum atomic E-state index is 12.1. The fourth-order valence-electron chi connectivity index (χ4n) is 2.15. The summed E-state index contributed by atoms with van der Waals surface area (Å²) in [5, 5.41) is 0. The minimum Gasteiger partial charge on any atom is -0.441 e. The molecule has 0 amide bonds. The minimum absolute atomic E-state index is 0. The van der Waals surface area contributed by atoms with E-state index in [1.165, 1.54) is 0 Å². The molecule has 5 heteroatoms. The number of benzene rings is 2. The molecule has 2 aromatic rings. The van der Waals surface area contributed by atoms with Gasteiger partial charge in [0, 0.05) is 29.6 Å². The number of rotatable bonds is 4. The first-order chi connectivity index (χ1) is 9.58. The number of aryl methyl sites for hydroxylation is 3. The van der Waals surface area contributed by atoms with Gasteiger partial charge in [-0.15, -0.1) is 0 Å². The maximum Gasteiger partial charge on any atom is 0.343 e. The van der Waals surface area contributed by atoms with Crippen LogP contribution >= 0.6 is 9.03 Å². The third kappa shape index (κ3) is 5.12. The zero-order valence-electron chi connectivity index (χ0n) is 12.8. The molecule has 0 aromatic heterocycles. The molecule has 0 heterocycles. The number of hydrogen-bond donors (Lipinski definition) is 0. The fourth-order valence-corrected chi connectivity index (χ4v) is 2.60. The maximum absolute atomic E-state index is 12.1. The van der Waals surface area contributed by atoms with Gasteiger partial charge in [-0.3, -0.25) is 0 Å². The zero-order chi connectivity index (χ0) is 14.5. The number of carbonyl (C=O) groups excluding carboxylic acids is 1. The first-order valence-electron chi connectivity index (χ1n) is 6.34. The first-order valence-corrected chi connectivity index (χ1v) is 7.15. The molecule has 0 saturated carbocycles. The predicted octanol–water partition coefficient (Wildman–Crippen LogP) is 3.98. The van der Waals surface area contributed by atoms with Crippen LogP contribution in [0.2, 0.25) is 0 Å². The van der Waals surface area contributed by atoms with Crippen LogP contribution in [0.4, 0.5) is 0 Å². The van der Waals surface area contributed by atoms with Gasteiger partial charge >= 0.3 is 5.97 Å². The largest absolute Gasteiger partial charge is 0.441 e. The smallest absolute Gasteiger partial charge is 0.343 e. The molecule has 2 aromatic carbocycles. The molecule has 0 aliphatic rings. The molecule has 0 N–H and O–H groups in total. The van der Waals surface area contributed by atoms with Crippen molar-refractivity contribution in [3.8, 4) is 5.75 Å². The molecule has 1 radical (unpaired) electrons. The Morgan fingerprint density at radius 1 is 1.00 bits per heavy atom. The summed E-state index contributed by atoms with van der Waals surface area (Å²) < 4.78 is 10.6. The van der Waals surface area contributed by atoms with Gasteiger partial charge in [0.25, 0.3) is 9.03 Å². The summed E-state index contributed by atoms with van der Waals surface area (Å²) >= 11 is 0. The fraction of sp³-hybridized carbons (Fsp3) is 0.188. The molecule has 105 valence electrons. The monoisotopic (exact) mass is 311 g/mol. The van der Waals surface area contributed by atoms with Gasteiger partial charge in [0.1, 0.15) is 5.75 Å². The Labute approximate surface area is 149 Å². The second kappa shape index (κ2) is 8.55. The van der Waals surface area contributed by atoms with Crippen molar-refractivity contribution in [1.82, 2.24) is 0 Å². The van der Waals surface area contributed by atoms with E-state index in [9.17, 15) is 4.79 Å². The molecule has 0 aliphatic heterocycles. The van der Waals surface area contributed by atoms with Gasteiger partial charge < -0.3 is 9.05 Å². The van der Waals surface area contributed by atoms with Crippen molar-refractivity contribution >= 4 is 44.6 Å². The Balaban J connectivity index is 0.00000220.